The van der Waals surface area contributed by atoms with E-state index in [2.05, 4.69) is 33.0 Å². The molecule has 2 nitrogen and oxygen atoms in total. The quantitative estimate of drug-likeness (QED) is 0.904. The Bertz CT molecular complexity index is 469. The molecule has 0 atom stereocenters. The summed E-state index contributed by atoms with van der Waals surface area (Å²) in [4.78, 5) is 4.17. The molecule has 1 heterocycles. The Hall–Kier alpha value is -1.19. The maximum Gasteiger partial charge on any atom is 0.0346 e. The number of halogens is 1. The topological polar surface area (TPSA) is 38.9 Å². The average molecular weight is 263 g/mol. The monoisotopic (exact) mass is 262 g/mol. The van der Waals surface area contributed by atoms with E-state index in [0.717, 1.165) is 21.2 Å². The number of hydrogen-bond donors (Lipinski definition) is 1. The van der Waals surface area contributed by atoms with Crippen LogP contribution in [0.2, 0.25) is 0 Å². The molecule has 1 aromatic carbocycles. The zero-order valence-electron chi connectivity index (χ0n) is 8.15. The predicted molar refractivity (Wildman–Crippen MR) is 65.3 cm³/mol. The van der Waals surface area contributed by atoms with Gasteiger partial charge in [0, 0.05) is 29.0 Å². The molecule has 76 valence electrons. The van der Waals surface area contributed by atoms with Crippen molar-refractivity contribution in [3.63, 3.8) is 0 Å². The Morgan fingerprint density at radius 1 is 1.20 bits per heavy atom. The highest BCUT2D eigenvalue weighted by molar-refractivity contribution is 9.10. The second-order valence-electron chi connectivity index (χ2n) is 3.27. The fourth-order valence-electron chi connectivity index (χ4n) is 1.44. The minimum Gasteiger partial charge on any atom is -0.326 e. The molecular weight excluding hydrogens is 252 g/mol. The number of aromatic nitrogens is 1. The highest BCUT2D eigenvalue weighted by atomic mass is 79.9. The van der Waals surface area contributed by atoms with Crippen LogP contribution in [0.5, 0.6) is 0 Å². The third-order valence-electron chi connectivity index (χ3n) is 2.22. The highest BCUT2D eigenvalue weighted by Crippen LogP contribution is 2.27. The van der Waals surface area contributed by atoms with Crippen LogP contribution in [-0.4, -0.2) is 4.98 Å². The van der Waals surface area contributed by atoms with Gasteiger partial charge < -0.3 is 5.73 Å². The van der Waals surface area contributed by atoms with Crippen LogP contribution >= 0.6 is 15.9 Å². The zero-order chi connectivity index (χ0) is 10.7. The van der Waals surface area contributed by atoms with Gasteiger partial charge in [0.15, 0.2) is 0 Å². The summed E-state index contributed by atoms with van der Waals surface area (Å²) in [5.41, 5.74) is 8.86. The second-order valence-corrected chi connectivity index (χ2v) is 4.12. The minimum absolute atomic E-state index is 0.519. The van der Waals surface area contributed by atoms with Gasteiger partial charge in [-0.2, -0.15) is 0 Å². The fraction of sp³-hybridized carbons (Fsp3) is 0.0833. The van der Waals surface area contributed by atoms with E-state index in [9.17, 15) is 0 Å². The fourth-order valence-corrected chi connectivity index (χ4v) is 1.96. The third-order valence-corrected chi connectivity index (χ3v) is 2.91. The maximum atomic E-state index is 5.58. The van der Waals surface area contributed by atoms with Crippen LogP contribution in [0.15, 0.2) is 47.2 Å². The summed E-state index contributed by atoms with van der Waals surface area (Å²) < 4.78 is 1.07. The normalized spacial score (nSPS) is 10.3. The summed E-state index contributed by atoms with van der Waals surface area (Å²) >= 11 is 3.52. The van der Waals surface area contributed by atoms with Crippen LogP contribution in [0, 0.1) is 0 Å². The molecule has 2 N–H and O–H groups in total. The Labute approximate surface area is 97.3 Å². The van der Waals surface area contributed by atoms with Crippen LogP contribution in [-0.2, 0) is 6.54 Å². The molecule has 0 aliphatic heterocycles. The van der Waals surface area contributed by atoms with Crippen molar-refractivity contribution in [2.45, 2.75) is 6.54 Å². The number of rotatable bonds is 2. The molecule has 0 saturated carbocycles. The van der Waals surface area contributed by atoms with Crippen LogP contribution in [0.25, 0.3) is 11.1 Å². The third kappa shape index (κ3) is 2.25. The highest BCUT2D eigenvalue weighted by Gasteiger charge is 2.02. The van der Waals surface area contributed by atoms with Crippen molar-refractivity contribution in [3.05, 3.63) is 52.8 Å². The second kappa shape index (κ2) is 4.55. The number of nitrogens with two attached hydrogens (primary N) is 1. The van der Waals surface area contributed by atoms with Gasteiger partial charge in [-0.15, -0.1) is 0 Å². The summed E-state index contributed by atoms with van der Waals surface area (Å²) in [5, 5.41) is 0. The van der Waals surface area contributed by atoms with Gasteiger partial charge in [-0.25, -0.2) is 0 Å². The lowest BCUT2D eigenvalue weighted by Gasteiger charge is -2.05. The van der Waals surface area contributed by atoms with Gasteiger partial charge in [0.1, 0.15) is 0 Å². The van der Waals surface area contributed by atoms with Gasteiger partial charge in [-0.1, -0.05) is 34.1 Å². The van der Waals surface area contributed by atoms with E-state index in [1.807, 2.05) is 24.4 Å². The summed E-state index contributed by atoms with van der Waals surface area (Å²) in [6, 6.07) is 10.1. The van der Waals surface area contributed by atoms with E-state index < -0.39 is 0 Å². The number of pyridine rings is 1. The zero-order valence-corrected chi connectivity index (χ0v) is 9.74. The molecule has 0 unspecified atom stereocenters. The van der Waals surface area contributed by atoms with Crippen molar-refractivity contribution in [3.8, 4) is 11.1 Å². The molecule has 0 bridgehead atoms. The molecule has 0 spiro atoms. The Kier molecular flexibility index (Phi) is 3.14. The van der Waals surface area contributed by atoms with E-state index in [1.165, 1.54) is 0 Å². The summed E-state index contributed by atoms with van der Waals surface area (Å²) in [5.74, 6) is 0. The molecule has 0 amide bonds. The molecule has 3 heteroatoms. The van der Waals surface area contributed by atoms with E-state index in [-0.39, 0.29) is 0 Å². The molecule has 0 aliphatic carbocycles. The van der Waals surface area contributed by atoms with Crippen molar-refractivity contribution >= 4 is 15.9 Å². The first-order chi connectivity index (χ1) is 7.31. The van der Waals surface area contributed by atoms with E-state index in [4.69, 9.17) is 5.73 Å². The molecule has 0 aliphatic rings. The van der Waals surface area contributed by atoms with E-state index >= 15 is 0 Å². The average Bonchev–Trinajstić information content (AvgIpc) is 2.30. The van der Waals surface area contributed by atoms with Crippen LogP contribution in [0.3, 0.4) is 0 Å². The molecular formula is C12H11BrN2. The number of benzene rings is 1. The minimum atomic E-state index is 0.519. The van der Waals surface area contributed by atoms with Crippen molar-refractivity contribution in [1.82, 2.24) is 4.98 Å². The van der Waals surface area contributed by atoms with Crippen LogP contribution < -0.4 is 5.73 Å². The van der Waals surface area contributed by atoms with Gasteiger partial charge in [0.25, 0.3) is 0 Å². The molecule has 0 saturated heterocycles. The lowest BCUT2D eigenvalue weighted by atomic mass is 10.1. The molecule has 1 aromatic heterocycles. The standard InChI is InChI=1S/C12H11BrN2/c13-12-4-2-1-3-11(12)10-5-9(6-14)7-15-8-10/h1-5,7-8H,6,14H2. The molecule has 2 aromatic rings. The van der Waals surface area contributed by atoms with Gasteiger partial charge >= 0.3 is 0 Å². The molecule has 0 fully saturated rings. The first-order valence-electron chi connectivity index (χ1n) is 4.70. The lowest BCUT2D eigenvalue weighted by Crippen LogP contribution is -1.97. The van der Waals surface area contributed by atoms with Crippen molar-refractivity contribution < 1.29 is 0 Å². The maximum absolute atomic E-state index is 5.58. The predicted octanol–water partition coefficient (Wildman–Crippen LogP) is 2.97. The van der Waals surface area contributed by atoms with Gasteiger partial charge in [0.2, 0.25) is 0 Å². The lowest BCUT2D eigenvalue weighted by molar-refractivity contribution is 1.05. The summed E-state index contributed by atoms with van der Waals surface area (Å²) in [7, 11) is 0. The SMILES string of the molecule is NCc1cncc(-c2ccccc2Br)c1. The summed E-state index contributed by atoms with van der Waals surface area (Å²) in [6.45, 7) is 0.519. The Morgan fingerprint density at radius 3 is 2.73 bits per heavy atom. The largest absolute Gasteiger partial charge is 0.326 e. The number of nitrogens with zero attached hydrogens (tertiary/aromatic N) is 1. The molecule has 2 rings (SSSR count). The van der Waals surface area contributed by atoms with Crippen molar-refractivity contribution in [2.75, 3.05) is 0 Å². The van der Waals surface area contributed by atoms with Crippen molar-refractivity contribution in [2.24, 2.45) is 5.73 Å². The smallest absolute Gasteiger partial charge is 0.0346 e. The first kappa shape index (κ1) is 10.3. The Balaban J connectivity index is 2.49. The number of hydrogen-bond acceptors (Lipinski definition) is 2. The van der Waals surface area contributed by atoms with Crippen LogP contribution in [0.4, 0.5) is 0 Å². The van der Waals surface area contributed by atoms with Crippen LogP contribution in [0.1, 0.15) is 5.56 Å². The van der Waals surface area contributed by atoms with Gasteiger partial charge in [0.05, 0.1) is 0 Å². The first-order valence-corrected chi connectivity index (χ1v) is 5.49. The molecule has 15 heavy (non-hydrogen) atoms. The van der Waals surface area contributed by atoms with E-state index in [0.29, 0.717) is 6.54 Å². The molecule has 0 radical (unpaired) electrons. The van der Waals surface area contributed by atoms with Gasteiger partial charge in [-0.3, -0.25) is 4.98 Å². The van der Waals surface area contributed by atoms with Crippen molar-refractivity contribution in [1.29, 1.82) is 0 Å². The summed E-state index contributed by atoms with van der Waals surface area (Å²) in [6.07, 6.45) is 3.64. The Morgan fingerprint density at radius 2 is 2.00 bits per heavy atom. The van der Waals surface area contributed by atoms with Gasteiger partial charge in [-0.05, 0) is 23.3 Å². The van der Waals surface area contributed by atoms with E-state index in [1.54, 1.807) is 6.20 Å².